The van der Waals surface area contributed by atoms with Gasteiger partial charge in [0.05, 0.1) is 4.90 Å². The normalized spacial score (nSPS) is 10.7. The fraction of sp³-hybridized carbons (Fsp3) is 0.333. The molecule has 1 rings (SSSR count). The minimum absolute atomic E-state index is 0. The van der Waals surface area contributed by atoms with Gasteiger partial charge in [-0.25, -0.2) is 13.6 Å². The van der Waals surface area contributed by atoms with Crippen LogP contribution in [0.25, 0.3) is 0 Å². The number of hydrogen-bond donors (Lipinski definition) is 2. The van der Waals surface area contributed by atoms with Crippen molar-refractivity contribution in [2.45, 2.75) is 24.7 Å². The third-order valence-electron chi connectivity index (χ3n) is 1.77. The van der Waals surface area contributed by atoms with E-state index in [1.165, 1.54) is 6.07 Å². The first-order chi connectivity index (χ1) is 6.04. The van der Waals surface area contributed by atoms with Crippen molar-refractivity contribution in [3.8, 4) is 0 Å². The summed E-state index contributed by atoms with van der Waals surface area (Å²) < 4.78 is 21.9. The van der Waals surface area contributed by atoms with Crippen LogP contribution in [0.1, 0.15) is 18.9 Å². The summed E-state index contributed by atoms with van der Waals surface area (Å²) in [5.41, 5.74) is 1.01. The number of rotatable bonds is 3. The number of benzene rings is 1. The lowest BCUT2D eigenvalue weighted by molar-refractivity contribution is 0.597. The summed E-state index contributed by atoms with van der Waals surface area (Å²) in [6.45, 7) is 2.05. The minimum Gasteiger partial charge on any atom is -0.344 e. The smallest absolute Gasteiger partial charge is 0.238 e. The third kappa shape index (κ3) is 3.45. The highest BCUT2D eigenvalue weighted by molar-refractivity contribution is 7.89. The molecule has 0 radical (unpaired) electrons. The lowest BCUT2D eigenvalue weighted by Crippen LogP contribution is -2.12. The van der Waals surface area contributed by atoms with Gasteiger partial charge in [-0.05, 0) is 24.1 Å². The number of sulfonamides is 1. The van der Waals surface area contributed by atoms with Gasteiger partial charge in [0.15, 0.2) is 0 Å². The van der Waals surface area contributed by atoms with Crippen molar-refractivity contribution < 1.29 is 8.42 Å². The fourth-order valence-electron chi connectivity index (χ4n) is 1.17. The summed E-state index contributed by atoms with van der Waals surface area (Å²) in [5.74, 6) is 0. The van der Waals surface area contributed by atoms with E-state index >= 15 is 0 Å². The Kier molecular flexibility index (Phi) is 4.76. The Morgan fingerprint density at radius 1 is 1.36 bits per heavy atom. The highest BCUT2D eigenvalue weighted by atomic mass is 32.2. The van der Waals surface area contributed by atoms with Gasteiger partial charge in [-0.15, -0.1) is 0 Å². The fourth-order valence-corrected chi connectivity index (χ4v) is 1.75. The molecule has 0 atom stereocenters. The molecule has 0 heterocycles. The Labute approximate surface area is 84.8 Å². The summed E-state index contributed by atoms with van der Waals surface area (Å²) in [6.07, 6.45) is 1.87. The van der Waals surface area contributed by atoms with Crippen molar-refractivity contribution in [2.75, 3.05) is 0 Å². The first-order valence-electron chi connectivity index (χ1n) is 4.16. The van der Waals surface area contributed by atoms with Crippen LogP contribution in [0.4, 0.5) is 0 Å². The summed E-state index contributed by atoms with van der Waals surface area (Å²) in [4.78, 5) is 0.193. The Bertz CT molecular complexity index is 388. The van der Waals surface area contributed by atoms with E-state index in [1.54, 1.807) is 12.1 Å². The zero-order valence-corrected chi connectivity index (χ0v) is 9.05. The molecule has 0 aliphatic carbocycles. The van der Waals surface area contributed by atoms with Crippen LogP contribution in [0.2, 0.25) is 0 Å². The van der Waals surface area contributed by atoms with Crippen molar-refractivity contribution in [1.29, 1.82) is 0 Å². The number of aryl methyl sites for hydroxylation is 1. The minimum atomic E-state index is -3.54. The average Bonchev–Trinajstić information content (AvgIpc) is 2.04. The second-order valence-electron chi connectivity index (χ2n) is 2.94. The molecule has 1 aromatic rings. The van der Waals surface area contributed by atoms with Crippen molar-refractivity contribution in [2.24, 2.45) is 5.14 Å². The summed E-state index contributed by atoms with van der Waals surface area (Å²) in [5, 5.41) is 4.99. The Hall–Kier alpha value is -0.910. The van der Waals surface area contributed by atoms with E-state index in [-0.39, 0.29) is 11.0 Å². The zero-order chi connectivity index (χ0) is 9.90. The van der Waals surface area contributed by atoms with E-state index in [9.17, 15) is 8.42 Å². The third-order valence-corrected chi connectivity index (χ3v) is 2.68. The molecule has 1 aromatic carbocycles. The van der Waals surface area contributed by atoms with Crippen LogP contribution in [0.5, 0.6) is 0 Å². The van der Waals surface area contributed by atoms with E-state index in [1.807, 2.05) is 13.0 Å². The van der Waals surface area contributed by atoms with E-state index in [0.717, 1.165) is 18.4 Å². The van der Waals surface area contributed by atoms with Crippen LogP contribution < -0.4 is 11.3 Å². The maximum atomic E-state index is 11.0. The Balaban J connectivity index is 0.00000169. The highest BCUT2D eigenvalue weighted by Gasteiger charge is 2.06. The van der Waals surface area contributed by atoms with Crippen LogP contribution in [0.3, 0.4) is 0 Å². The van der Waals surface area contributed by atoms with E-state index < -0.39 is 10.0 Å². The predicted molar refractivity (Wildman–Crippen MR) is 56.8 cm³/mol. The molecule has 5 heteroatoms. The summed E-state index contributed by atoms with van der Waals surface area (Å²) >= 11 is 0. The summed E-state index contributed by atoms with van der Waals surface area (Å²) in [6, 6.07) is 6.75. The molecule has 0 saturated heterocycles. The molecule has 0 aromatic heterocycles. The van der Waals surface area contributed by atoms with Crippen LogP contribution in [0.15, 0.2) is 29.2 Å². The van der Waals surface area contributed by atoms with E-state index in [4.69, 9.17) is 5.14 Å². The molecule has 14 heavy (non-hydrogen) atoms. The van der Waals surface area contributed by atoms with Gasteiger partial charge in [-0.2, -0.15) is 0 Å². The molecular formula is C9H16N2O2S. The summed E-state index contributed by atoms with van der Waals surface area (Å²) in [7, 11) is -3.54. The largest absolute Gasteiger partial charge is 0.344 e. The van der Waals surface area contributed by atoms with Gasteiger partial charge in [0.25, 0.3) is 0 Å². The molecule has 0 fully saturated rings. The highest BCUT2D eigenvalue weighted by Crippen LogP contribution is 2.10. The second kappa shape index (κ2) is 5.09. The first-order valence-corrected chi connectivity index (χ1v) is 5.70. The molecule has 4 nitrogen and oxygen atoms in total. The molecule has 0 aliphatic rings. The monoisotopic (exact) mass is 216 g/mol. The van der Waals surface area contributed by atoms with Crippen LogP contribution in [-0.4, -0.2) is 8.42 Å². The van der Waals surface area contributed by atoms with Gasteiger partial charge in [-0.1, -0.05) is 25.5 Å². The van der Waals surface area contributed by atoms with Crippen molar-refractivity contribution in [3.05, 3.63) is 29.8 Å². The van der Waals surface area contributed by atoms with Gasteiger partial charge in [0.1, 0.15) is 0 Å². The molecule has 5 N–H and O–H groups in total. The molecule has 0 aliphatic heterocycles. The van der Waals surface area contributed by atoms with E-state index in [0.29, 0.717) is 0 Å². The molecular weight excluding hydrogens is 200 g/mol. The van der Waals surface area contributed by atoms with Gasteiger partial charge in [0.2, 0.25) is 10.0 Å². The standard InChI is InChI=1S/C9H13NO2S.H3N/c1-2-4-8-5-3-6-9(7-8)13(10,11)12;/h3,5-7H,2,4H2,1H3,(H2,10,11,12);1H3. The lowest BCUT2D eigenvalue weighted by Gasteiger charge is -2.01. The molecule has 0 amide bonds. The number of hydrogen-bond acceptors (Lipinski definition) is 3. The SMILES string of the molecule is CCCc1cccc(S(N)(=O)=O)c1.N. The second-order valence-corrected chi connectivity index (χ2v) is 4.50. The molecule has 0 unspecified atom stereocenters. The van der Waals surface area contributed by atoms with E-state index in [2.05, 4.69) is 0 Å². The first kappa shape index (κ1) is 13.1. The quantitative estimate of drug-likeness (QED) is 0.800. The molecule has 0 saturated carbocycles. The van der Waals surface area contributed by atoms with Crippen molar-refractivity contribution >= 4 is 10.0 Å². The Morgan fingerprint density at radius 2 is 2.00 bits per heavy atom. The number of primary sulfonamides is 1. The maximum Gasteiger partial charge on any atom is 0.238 e. The van der Waals surface area contributed by atoms with Gasteiger partial charge in [0, 0.05) is 0 Å². The predicted octanol–water partition coefficient (Wildman–Crippen LogP) is 1.45. The lowest BCUT2D eigenvalue weighted by atomic mass is 10.1. The zero-order valence-electron chi connectivity index (χ0n) is 8.23. The van der Waals surface area contributed by atoms with Crippen molar-refractivity contribution in [3.63, 3.8) is 0 Å². The average molecular weight is 216 g/mol. The van der Waals surface area contributed by atoms with Gasteiger partial charge in [-0.3, -0.25) is 0 Å². The topological polar surface area (TPSA) is 95.2 Å². The van der Waals surface area contributed by atoms with Crippen LogP contribution in [0, 0.1) is 0 Å². The maximum absolute atomic E-state index is 11.0. The van der Waals surface area contributed by atoms with Crippen molar-refractivity contribution in [1.82, 2.24) is 6.15 Å². The molecule has 80 valence electrons. The van der Waals surface area contributed by atoms with Crippen LogP contribution in [-0.2, 0) is 16.4 Å². The Morgan fingerprint density at radius 3 is 2.50 bits per heavy atom. The van der Waals surface area contributed by atoms with Crippen LogP contribution >= 0.6 is 0 Å². The van der Waals surface area contributed by atoms with Gasteiger partial charge >= 0.3 is 0 Å². The molecule has 0 bridgehead atoms. The molecule has 0 spiro atoms. The van der Waals surface area contributed by atoms with Gasteiger partial charge < -0.3 is 6.15 Å². The number of nitrogens with two attached hydrogens (primary N) is 1.